The Balaban J connectivity index is 2.08. The van der Waals surface area contributed by atoms with Gasteiger partial charge in [-0.3, -0.25) is 0 Å². The first-order valence-electron chi connectivity index (χ1n) is 6.60. The van der Waals surface area contributed by atoms with Crippen molar-refractivity contribution < 1.29 is 13.9 Å². The van der Waals surface area contributed by atoms with E-state index < -0.39 is 0 Å². The van der Waals surface area contributed by atoms with Crippen LogP contribution in [0.4, 0.5) is 4.39 Å². The summed E-state index contributed by atoms with van der Waals surface area (Å²) in [6.07, 6.45) is 4.36. The van der Waals surface area contributed by atoms with Crippen LogP contribution >= 0.6 is 0 Å². The molecule has 0 radical (unpaired) electrons. The number of imidazole rings is 1. The van der Waals surface area contributed by atoms with Gasteiger partial charge in [0.05, 0.1) is 7.11 Å². The molecule has 1 unspecified atom stereocenters. The number of methoxy groups -OCH3 is 1. The number of carbonyl (C=O) groups is 1. The molecule has 1 aromatic heterocycles. The van der Waals surface area contributed by atoms with Crippen LogP contribution in [0.2, 0.25) is 0 Å². The number of aromatic nitrogens is 2. The molecule has 20 heavy (non-hydrogen) atoms. The van der Waals surface area contributed by atoms with Crippen molar-refractivity contribution in [2.75, 3.05) is 7.11 Å². The zero-order chi connectivity index (χ0) is 14.1. The van der Waals surface area contributed by atoms with Crippen molar-refractivity contribution in [3.63, 3.8) is 0 Å². The van der Waals surface area contributed by atoms with Crippen molar-refractivity contribution in [2.45, 2.75) is 25.3 Å². The van der Waals surface area contributed by atoms with E-state index >= 15 is 0 Å². The number of esters is 1. The topological polar surface area (TPSA) is 44.1 Å². The molecule has 104 valence electrons. The van der Waals surface area contributed by atoms with Crippen molar-refractivity contribution in [1.29, 1.82) is 0 Å². The fraction of sp³-hybridized carbons (Fsp3) is 0.333. The Morgan fingerprint density at radius 3 is 2.85 bits per heavy atom. The van der Waals surface area contributed by atoms with Crippen molar-refractivity contribution in [3.05, 3.63) is 42.0 Å². The molecule has 2 heterocycles. The van der Waals surface area contributed by atoms with Crippen LogP contribution in [-0.4, -0.2) is 22.6 Å². The lowest BCUT2D eigenvalue weighted by atomic mass is 10.0. The van der Waals surface area contributed by atoms with Crippen LogP contribution < -0.4 is 0 Å². The Bertz CT molecular complexity index is 634. The first-order chi connectivity index (χ1) is 9.70. The smallest absolute Gasteiger partial charge is 0.328 e. The van der Waals surface area contributed by atoms with E-state index in [-0.39, 0.29) is 17.8 Å². The van der Waals surface area contributed by atoms with E-state index in [2.05, 4.69) is 4.98 Å². The number of hydrogen-bond acceptors (Lipinski definition) is 3. The van der Waals surface area contributed by atoms with Gasteiger partial charge in [-0.1, -0.05) is 0 Å². The molecule has 2 aromatic rings. The van der Waals surface area contributed by atoms with E-state index in [0.29, 0.717) is 5.82 Å². The summed E-state index contributed by atoms with van der Waals surface area (Å²) in [5, 5.41) is 0. The monoisotopic (exact) mass is 274 g/mol. The maximum Gasteiger partial charge on any atom is 0.328 e. The van der Waals surface area contributed by atoms with Crippen molar-refractivity contribution >= 4 is 5.97 Å². The molecule has 0 aliphatic carbocycles. The summed E-state index contributed by atoms with van der Waals surface area (Å²) in [5.74, 6) is 0.145. The molecule has 0 fully saturated rings. The Morgan fingerprint density at radius 2 is 2.15 bits per heavy atom. The second-order valence-corrected chi connectivity index (χ2v) is 4.88. The summed E-state index contributed by atoms with van der Waals surface area (Å²) in [6.45, 7) is 0. The lowest BCUT2D eigenvalue weighted by Gasteiger charge is -2.25. The lowest BCUT2D eigenvalue weighted by Crippen LogP contribution is -2.26. The molecule has 0 spiro atoms. The van der Waals surface area contributed by atoms with Crippen LogP contribution in [0, 0.1) is 5.82 Å². The van der Waals surface area contributed by atoms with Crippen molar-refractivity contribution in [1.82, 2.24) is 9.55 Å². The maximum atomic E-state index is 13.0. The molecule has 1 atom stereocenters. The second-order valence-electron chi connectivity index (χ2n) is 4.88. The molecule has 0 saturated carbocycles. The highest BCUT2D eigenvalue weighted by Gasteiger charge is 2.29. The van der Waals surface area contributed by atoms with Crippen LogP contribution in [0.25, 0.3) is 11.4 Å². The quantitative estimate of drug-likeness (QED) is 0.791. The molecule has 0 amide bonds. The number of hydrogen-bond donors (Lipinski definition) is 0. The van der Waals surface area contributed by atoms with Crippen molar-refractivity contribution in [2.24, 2.45) is 0 Å². The van der Waals surface area contributed by atoms with Gasteiger partial charge in [0.2, 0.25) is 0 Å². The van der Waals surface area contributed by atoms with Crippen LogP contribution in [0.5, 0.6) is 0 Å². The molecule has 0 saturated heterocycles. The van der Waals surface area contributed by atoms with Gasteiger partial charge in [0, 0.05) is 17.5 Å². The van der Waals surface area contributed by atoms with E-state index in [1.807, 2.05) is 4.57 Å². The van der Waals surface area contributed by atoms with Crippen LogP contribution in [0.1, 0.15) is 24.6 Å². The summed E-state index contributed by atoms with van der Waals surface area (Å²) in [7, 11) is 1.39. The van der Waals surface area contributed by atoms with Gasteiger partial charge in [0.1, 0.15) is 17.7 Å². The van der Waals surface area contributed by atoms with E-state index in [9.17, 15) is 9.18 Å². The molecule has 3 rings (SSSR count). The zero-order valence-electron chi connectivity index (χ0n) is 11.2. The highest BCUT2D eigenvalue weighted by molar-refractivity contribution is 5.75. The standard InChI is InChI=1S/C15H15FN2O2/c1-20-15(19)13-4-2-3-12-9-17-14(18(12)13)10-5-7-11(16)8-6-10/h5-9,13H,2-4H2,1H3. The van der Waals surface area contributed by atoms with Gasteiger partial charge in [-0.05, 0) is 43.5 Å². The predicted molar refractivity (Wildman–Crippen MR) is 71.6 cm³/mol. The molecule has 1 aromatic carbocycles. The minimum absolute atomic E-state index is 0.257. The number of rotatable bonds is 2. The number of ether oxygens (including phenoxy) is 1. The SMILES string of the molecule is COC(=O)C1CCCc2cnc(-c3ccc(F)cc3)n21. The molecular weight excluding hydrogens is 259 g/mol. The van der Waals surface area contributed by atoms with Gasteiger partial charge in [0.25, 0.3) is 0 Å². The third kappa shape index (κ3) is 2.09. The molecule has 1 aliphatic rings. The average Bonchev–Trinajstić information content (AvgIpc) is 2.91. The van der Waals surface area contributed by atoms with Gasteiger partial charge in [-0.25, -0.2) is 14.2 Å². The zero-order valence-corrected chi connectivity index (χ0v) is 11.2. The van der Waals surface area contributed by atoms with E-state index in [1.54, 1.807) is 18.3 Å². The Hall–Kier alpha value is -2.17. The molecule has 0 bridgehead atoms. The molecule has 0 N–H and O–H groups in total. The van der Waals surface area contributed by atoms with Gasteiger partial charge < -0.3 is 9.30 Å². The highest BCUT2D eigenvalue weighted by atomic mass is 19.1. The Morgan fingerprint density at radius 1 is 1.40 bits per heavy atom. The number of carbonyl (C=O) groups excluding carboxylic acids is 1. The van der Waals surface area contributed by atoms with Crippen LogP contribution in [-0.2, 0) is 16.0 Å². The number of aryl methyl sites for hydroxylation is 1. The number of nitrogens with zero attached hydrogens (tertiary/aromatic N) is 2. The fourth-order valence-corrected chi connectivity index (χ4v) is 2.71. The normalized spacial score (nSPS) is 17.6. The van der Waals surface area contributed by atoms with Gasteiger partial charge >= 0.3 is 5.97 Å². The first-order valence-corrected chi connectivity index (χ1v) is 6.60. The average molecular weight is 274 g/mol. The van der Waals surface area contributed by atoms with E-state index in [0.717, 1.165) is 30.5 Å². The summed E-state index contributed by atoms with van der Waals surface area (Å²) >= 11 is 0. The molecule has 4 nitrogen and oxygen atoms in total. The van der Waals surface area contributed by atoms with E-state index in [1.165, 1.54) is 19.2 Å². The summed E-state index contributed by atoms with van der Waals surface area (Å²) in [4.78, 5) is 16.3. The Kier molecular flexibility index (Phi) is 3.26. The third-order valence-corrected chi connectivity index (χ3v) is 3.67. The maximum absolute atomic E-state index is 13.0. The van der Waals surface area contributed by atoms with Crippen molar-refractivity contribution in [3.8, 4) is 11.4 Å². The third-order valence-electron chi connectivity index (χ3n) is 3.67. The second kappa shape index (κ2) is 5.07. The number of fused-ring (bicyclic) bond motifs is 1. The predicted octanol–water partition coefficient (Wildman–Crippen LogP) is 2.74. The van der Waals surface area contributed by atoms with Gasteiger partial charge in [-0.2, -0.15) is 0 Å². The minimum Gasteiger partial charge on any atom is -0.467 e. The lowest BCUT2D eigenvalue weighted by molar-refractivity contribution is -0.145. The van der Waals surface area contributed by atoms with E-state index in [4.69, 9.17) is 4.74 Å². The minimum atomic E-state index is -0.341. The fourth-order valence-electron chi connectivity index (χ4n) is 2.71. The summed E-state index contributed by atoms with van der Waals surface area (Å²) in [6, 6.07) is 5.80. The summed E-state index contributed by atoms with van der Waals surface area (Å²) in [5.41, 5.74) is 1.82. The Labute approximate surface area is 116 Å². The number of halogens is 1. The molecule has 5 heteroatoms. The van der Waals surface area contributed by atoms with Gasteiger partial charge in [-0.15, -0.1) is 0 Å². The molecule has 1 aliphatic heterocycles. The first kappa shape index (κ1) is 12.8. The van der Waals surface area contributed by atoms with Crippen LogP contribution in [0.15, 0.2) is 30.5 Å². The highest BCUT2D eigenvalue weighted by Crippen LogP contribution is 2.32. The summed E-state index contributed by atoms with van der Waals surface area (Å²) < 4.78 is 19.8. The number of benzene rings is 1. The molecular formula is C15H15FN2O2. The van der Waals surface area contributed by atoms with Gasteiger partial charge in [0.15, 0.2) is 0 Å². The largest absolute Gasteiger partial charge is 0.467 e. The van der Waals surface area contributed by atoms with Crippen LogP contribution in [0.3, 0.4) is 0 Å².